The highest BCUT2D eigenvalue weighted by molar-refractivity contribution is 7.99. The summed E-state index contributed by atoms with van der Waals surface area (Å²) >= 11 is 1.23. The number of nitrogens with zero attached hydrogens (tertiary/aromatic N) is 4. The number of rotatable bonds is 8. The molecule has 4 aromatic rings. The van der Waals surface area contributed by atoms with Gasteiger partial charge >= 0.3 is 0 Å². The number of benzene rings is 2. The maximum atomic E-state index is 13.3. The lowest BCUT2D eigenvalue weighted by Gasteiger charge is -2.13. The number of hydrogen-bond donors (Lipinski definition) is 1. The zero-order valence-corrected chi connectivity index (χ0v) is 20.5. The van der Waals surface area contributed by atoms with Gasteiger partial charge in [0.05, 0.1) is 25.6 Å². The molecule has 2 aromatic heterocycles. The van der Waals surface area contributed by atoms with E-state index in [2.05, 4.69) is 15.4 Å². The van der Waals surface area contributed by atoms with Gasteiger partial charge in [-0.15, -0.1) is 0 Å². The predicted molar refractivity (Wildman–Crippen MR) is 135 cm³/mol. The van der Waals surface area contributed by atoms with E-state index in [1.807, 2.05) is 63.2 Å². The van der Waals surface area contributed by atoms with Gasteiger partial charge in [-0.1, -0.05) is 41.6 Å². The number of hydrogen-bond acceptors (Lipinski definition) is 6. The predicted octanol–water partition coefficient (Wildman–Crippen LogP) is 4.02. The van der Waals surface area contributed by atoms with Crippen molar-refractivity contribution in [2.24, 2.45) is 0 Å². The lowest BCUT2D eigenvalue weighted by molar-refractivity contribution is -0.113. The molecule has 8 nitrogen and oxygen atoms in total. The Kier molecular flexibility index (Phi) is 7.02. The van der Waals surface area contributed by atoms with Crippen LogP contribution in [-0.2, 0) is 17.9 Å². The molecule has 4 rings (SSSR count). The second-order valence-corrected chi connectivity index (χ2v) is 8.95. The summed E-state index contributed by atoms with van der Waals surface area (Å²) < 4.78 is 8.49. The van der Waals surface area contributed by atoms with Gasteiger partial charge in [0.1, 0.15) is 11.3 Å². The molecule has 0 aliphatic heterocycles. The quantitative estimate of drug-likeness (QED) is 0.305. The Morgan fingerprint density at radius 2 is 1.91 bits per heavy atom. The van der Waals surface area contributed by atoms with Crippen LogP contribution < -0.4 is 15.6 Å². The lowest BCUT2D eigenvalue weighted by Crippen LogP contribution is -2.25. The van der Waals surface area contributed by atoms with Crippen LogP contribution in [0.15, 0.2) is 58.6 Å². The molecule has 0 radical (unpaired) electrons. The SMILES string of the molecule is CCn1cc2nc(SCC(=O)Nc3ccc(C)cc3C)n(Cc3ccc(OC)cc3)c(=O)c2n1. The number of aromatic nitrogens is 4. The first-order chi connectivity index (χ1) is 16.4. The maximum Gasteiger partial charge on any atom is 0.282 e. The van der Waals surface area contributed by atoms with Gasteiger partial charge in [0.2, 0.25) is 5.91 Å². The van der Waals surface area contributed by atoms with Gasteiger partial charge in [-0.2, -0.15) is 5.10 Å². The number of fused-ring (bicyclic) bond motifs is 1. The molecule has 2 aromatic carbocycles. The van der Waals surface area contributed by atoms with E-state index < -0.39 is 0 Å². The Morgan fingerprint density at radius 1 is 1.15 bits per heavy atom. The van der Waals surface area contributed by atoms with Crippen molar-refractivity contribution in [2.75, 3.05) is 18.2 Å². The summed E-state index contributed by atoms with van der Waals surface area (Å²) in [6.07, 6.45) is 1.76. The smallest absolute Gasteiger partial charge is 0.282 e. The third kappa shape index (κ3) is 5.14. The normalized spacial score (nSPS) is 11.1. The molecule has 1 N–H and O–H groups in total. The van der Waals surface area contributed by atoms with Crippen LogP contribution >= 0.6 is 11.8 Å². The maximum absolute atomic E-state index is 13.3. The average molecular weight is 478 g/mol. The van der Waals surface area contributed by atoms with Crippen molar-refractivity contribution in [1.29, 1.82) is 0 Å². The van der Waals surface area contributed by atoms with Crippen LogP contribution in [0.5, 0.6) is 5.75 Å². The fraction of sp³-hybridized carbons (Fsp3) is 0.280. The van der Waals surface area contributed by atoms with Crippen LogP contribution in [0.3, 0.4) is 0 Å². The summed E-state index contributed by atoms with van der Waals surface area (Å²) in [6, 6.07) is 13.4. The van der Waals surface area contributed by atoms with Gasteiger partial charge in [0.25, 0.3) is 5.56 Å². The molecule has 0 atom stereocenters. The van der Waals surface area contributed by atoms with Crippen LogP contribution in [0.25, 0.3) is 11.0 Å². The summed E-state index contributed by atoms with van der Waals surface area (Å²) in [5.41, 5.74) is 4.44. The van der Waals surface area contributed by atoms with E-state index in [1.54, 1.807) is 22.6 Å². The van der Waals surface area contributed by atoms with Crippen molar-refractivity contribution >= 4 is 34.4 Å². The van der Waals surface area contributed by atoms with Gasteiger partial charge in [0.15, 0.2) is 10.7 Å². The highest BCUT2D eigenvalue weighted by atomic mass is 32.2. The Morgan fingerprint density at radius 3 is 2.59 bits per heavy atom. The number of methoxy groups -OCH3 is 1. The number of ether oxygens (including phenoxy) is 1. The van der Waals surface area contributed by atoms with Crippen molar-refractivity contribution in [3.63, 3.8) is 0 Å². The third-order valence-corrected chi connectivity index (χ3v) is 6.43. The molecular formula is C25H27N5O3S. The second kappa shape index (κ2) is 10.1. The van der Waals surface area contributed by atoms with E-state index >= 15 is 0 Å². The van der Waals surface area contributed by atoms with Crippen LogP contribution in [0.2, 0.25) is 0 Å². The summed E-state index contributed by atoms with van der Waals surface area (Å²) in [6.45, 7) is 6.87. The fourth-order valence-electron chi connectivity index (χ4n) is 3.62. The molecular weight excluding hydrogens is 450 g/mol. The van der Waals surface area contributed by atoms with Crippen molar-refractivity contribution in [2.45, 2.75) is 39.0 Å². The molecule has 2 heterocycles. The standard InChI is InChI=1S/C25H27N5O3S/c1-5-29-14-21-23(28-29)24(32)30(13-18-7-9-19(33-4)10-8-18)25(27-21)34-15-22(31)26-20-11-6-16(2)12-17(20)3/h6-12,14H,5,13,15H2,1-4H3,(H,26,31). The number of thioether (sulfide) groups is 1. The lowest BCUT2D eigenvalue weighted by atomic mass is 10.1. The zero-order chi connectivity index (χ0) is 24.2. The summed E-state index contributed by atoms with van der Waals surface area (Å²) in [4.78, 5) is 30.7. The minimum absolute atomic E-state index is 0.121. The van der Waals surface area contributed by atoms with E-state index in [0.29, 0.717) is 29.3 Å². The number of amides is 1. The van der Waals surface area contributed by atoms with E-state index in [4.69, 9.17) is 4.74 Å². The minimum Gasteiger partial charge on any atom is -0.497 e. The monoisotopic (exact) mass is 477 g/mol. The molecule has 0 unspecified atom stereocenters. The topological polar surface area (TPSA) is 91.0 Å². The first-order valence-corrected chi connectivity index (χ1v) is 12.0. The Labute approximate surface area is 202 Å². The largest absolute Gasteiger partial charge is 0.497 e. The van der Waals surface area contributed by atoms with Gasteiger partial charge in [-0.25, -0.2) is 4.98 Å². The molecule has 34 heavy (non-hydrogen) atoms. The number of aryl methyl sites for hydroxylation is 3. The number of nitrogens with one attached hydrogen (secondary N) is 1. The molecule has 0 spiro atoms. The van der Waals surface area contributed by atoms with Crippen molar-refractivity contribution < 1.29 is 9.53 Å². The van der Waals surface area contributed by atoms with Crippen LogP contribution in [0.4, 0.5) is 5.69 Å². The van der Waals surface area contributed by atoms with E-state index in [9.17, 15) is 9.59 Å². The summed E-state index contributed by atoms with van der Waals surface area (Å²) in [5.74, 6) is 0.700. The van der Waals surface area contributed by atoms with E-state index in [-0.39, 0.29) is 17.2 Å². The Hall–Kier alpha value is -3.59. The summed E-state index contributed by atoms with van der Waals surface area (Å²) in [5, 5.41) is 7.80. The molecule has 0 saturated carbocycles. The molecule has 0 aliphatic carbocycles. The highest BCUT2D eigenvalue weighted by Gasteiger charge is 2.17. The molecule has 0 fully saturated rings. The first-order valence-electron chi connectivity index (χ1n) is 11.0. The van der Waals surface area contributed by atoms with Gasteiger partial charge in [0, 0.05) is 12.2 Å². The van der Waals surface area contributed by atoms with Crippen LogP contribution in [0, 0.1) is 13.8 Å². The molecule has 1 amide bonds. The number of anilines is 1. The van der Waals surface area contributed by atoms with Crippen molar-refractivity contribution in [3.05, 3.63) is 75.7 Å². The van der Waals surface area contributed by atoms with Crippen molar-refractivity contribution in [3.8, 4) is 5.75 Å². The van der Waals surface area contributed by atoms with Crippen LogP contribution in [-0.4, -0.2) is 38.1 Å². The first kappa shape index (κ1) is 23.6. The molecule has 176 valence electrons. The average Bonchev–Trinajstić information content (AvgIpc) is 3.25. The Balaban J connectivity index is 1.61. The highest BCUT2D eigenvalue weighted by Crippen LogP contribution is 2.21. The molecule has 0 saturated heterocycles. The number of carbonyl (C=O) groups excluding carboxylic acids is 1. The fourth-order valence-corrected chi connectivity index (χ4v) is 4.42. The van der Waals surface area contributed by atoms with Gasteiger partial charge in [-0.05, 0) is 50.1 Å². The summed E-state index contributed by atoms with van der Waals surface area (Å²) in [7, 11) is 1.61. The molecule has 9 heteroatoms. The van der Waals surface area contributed by atoms with Gasteiger partial charge < -0.3 is 10.1 Å². The minimum atomic E-state index is -0.231. The van der Waals surface area contributed by atoms with Crippen molar-refractivity contribution in [1.82, 2.24) is 19.3 Å². The van der Waals surface area contributed by atoms with E-state index in [1.165, 1.54) is 11.8 Å². The molecule has 0 aliphatic rings. The van der Waals surface area contributed by atoms with E-state index in [0.717, 1.165) is 28.1 Å². The third-order valence-electron chi connectivity index (χ3n) is 5.45. The Bertz CT molecular complexity index is 1390. The molecule has 0 bridgehead atoms. The van der Waals surface area contributed by atoms with Crippen LogP contribution in [0.1, 0.15) is 23.6 Å². The number of carbonyl (C=O) groups is 1. The second-order valence-electron chi connectivity index (χ2n) is 8.01. The van der Waals surface area contributed by atoms with Gasteiger partial charge in [-0.3, -0.25) is 18.8 Å². The zero-order valence-electron chi connectivity index (χ0n) is 19.7.